The van der Waals surface area contributed by atoms with Gasteiger partial charge in [-0.05, 0) is 25.5 Å². The van der Waals surface area contributed by atoms with E-state index in [2.05, 4.69) is 5.10 Å². The molecule has 0 spiro atoms. The Kier molecular flexibility index (Phi) is 6.02. The highest BCUT2D eigenvalue weighted by Gasteiger charge is 2.38. The minimum Gasteiger partial charge on any atom is -0.448 e. The van der Waals surface area contributed by atoms with Crippen LogP contribution in [0, 0.1) is 0 Å². The van der Waals surface area contributed by atoms with Gasteiger partial charge < -0.3 is 9.64 Å². The van der Waals surface area contributed by atoms with Gasteiger partial charge in [0.25, 0.3) is 5.91 Å². The van der Waals surface area contributed by atoms with Crippen LogP contribution in [0.25, 0.3) is 0 Å². The first-order valence-corrected chi connectivity index (χ1v) is 11.1. The van der Waals surface area contributed by atoms with Gasteiger partial charge in [-0.25, -0.2) is 18.2 Å². The van der Waals surface area contributed by atoms with Crippen LogP contribution in [0.2, 0.25) is 0 Å². The number of hydrogen-bond acceptors (Lipinski definition) is 7. The van der Waals surface area contributed by atoms with Crippen LogP contribution < -0.4 is 4.90 Å². The predicted molar refractivity (Wildman–Crippen MR) is 106 cm³/mol. The molecule has 2 heterocycles. The molecule has 0 aliphatic carbocycles. The summed E-state index contributed by atoms with van der Waals surface area (Å²) in [5.41, 5.74) is 0.672. The number of anilines is 1. The molecule has 156 valence electrons. The second kappa shape index (κ2) is 8.32. The smallest absolute Gasteiger partial charge is 0.355 e. The lowest BCUT2D eigenvalue weighted by molar-refractivity contribution is -0.147. The van der Waals surface area contributed by atoms with Crippen LogP contribution >= 0.6 is 0 Å². The molecule has 2 aliphatic rings. The van der Waals surface area contributed by atoms with Crippen molar-refractivity contribution in [3.8, 4) is 0 Å². The number of nitrogens with zero attached hydrogens (tertiary/aromatic N) is 3. The Balaban J connectivity index is 1.67. The van der Waals surface area contributed by atoms with Gasteiger partial charge in [0.2, 0.25) is 5.91 Å². The molecule has 2 amide bonds. The van der Waals surface area contributed by atoms with Gasteiger partial charge in [0.05, 0.1) is 17.5 Å². The number of para-hydroxylation sites is 1. The summed E-state index contributed by atoms with van der Waals surface area (Å²) in [6.07, 6.45) is -0.635. The van der Waals surface area contributed by atoms with Crippen molar-refractivity contribution in [1.29, 1.82) is 0 Å². The van der Waals surface area contributed by atoms with Gasteiger partial charge in [-0.1, -0.05) is 18.2 Å². The molecule has 2 aliphatic heterocycles. The first-order valence-electron chi connectivity index (χ1n) is 9.31. The summed E-state index contributed by atoms with van der Waals surface area (Å²) >= 11 is 0. The number of rotatable bonds is 5. The molecule has 10 heteroatoms. The molecule has 0 saturated carbocycles. The van der Waals surface area contributed by atoms with Gasteiger partial charge >= 0.3 is 5.97 Å². The summed E-state index contributed by atoms with van der Waals surface area (Å²) in [6.45, 7) is 1.47. The molecule has 3 rings (SSSR count). The number of esters is 1. The Bertz CT molecular complexity index is 944. The van der Waals surface area contributed by atoms with E-state index in [4.69, 9.17) is 4.74 Å². The number of carbonyl (C=O) groups is 3. The number of hydrazone groups is 1. The number of carbonyl (C=O) groups excluding carboxylic acids is 3. The maximum atomic E-state index is 12.5. The van der Waals surface area contributed by atoms with Crippen molar-refractivity contribution in [1.82, 2.24) is 5.01 Å². The number of amides is 2. The lowest BCUT2D eigenvalue weighted by Crippen LogP contribution is -2.43. The quantitative estimate of drug-likeness (QED) is 0.648. The Hall–Kier alpha value is -2.75. The van der Waals surface area contributed by atoms with Gasteiger partial charge in [0.15, 0.2) is 15.9 Å². The zero-order chi connectivity index (χ0) is 21.2. The van der Waals surface area contributed by atoms with Crippen molar-refractivity contribution in [3.63, 3.8) is 0 Å². The Labute approximate surface area is 169 Å². The standard InChI is InChI=1S/C19H23N3O6S/c1-13(18(24)21(2)14-6-4-3-5-7-14)28-19(25)16-8-9-17(23)22(20-16)15-10-11-29(26,27)12-15/h3-7,13,15H,8-12H2,1-2H3. The Morgan fingerprint density at radius 2 is 1.93 bits per heavy atom. The van der Waals surface area contributed by atoms with Crippen LogP contribution in [0.4, 0.5) is 5.69 Å². The van der Waals surface area contributed by atoms with E-state index < -0.39 is 33.9 Å². The zero-order valence-electron chi connectivity index (χ0n) is 16.3. The summed E-state index contributed by atoms with van der Waals surface area (Å²) in [5.74, 6) is -1.69. The van der Waals surface area contributed by atoms with E-state index in [0.29, 0.717) is 5.69 Å². The molecular weight excluding hydrogens is 398 g/mol. The van der Waals surface area contributed by atoms with Crippen LogP contribution in [-0.4, -0.2) is 67.6 Å². The summed E-state index contributed by atoms with van der Waals surface area (Å²) in [4.78, 5) is 38.6. The molecule has 1 fully saturated rings. The molecule has 2 atom stereocenters. The number of benzene rings is 1. The number of sulfone groups is 1. The third kappa shape index (κ3) is 4.81. The SMILES string of the molecule is CC(OC(=O)C1=NN(C2CCS(=O)(=O)C2)C(=O)CC1)C(=O)N(C)c1ccccc1. The molecule has 0 aromatic heterocycles. The predicted octanol–water partition coefficient (Wildman–Crippen LogP) is 0.747. The van der Waals surface area contributed by atoms with Gasteiger partial charge in [0.1, 0.15) is 5.71 Å². The van der Waals surface area contributed by atoms with E-state index in [9.17, 15) is 22.8 Å². The highest BCUT2D eigenvalue weighted by atomic mass is 32.2. The average Bonchev–Trinajstić information content (AvgIpc) is 3.07. The van der Waals surface area contributed by atoms with Crippen LogP contribution in [0.15, 0.2) is 35.4 Å². The van der Waals surface area contributed by atoms with Gasteiger partial charge in [-0.15, -0.1) is 0 Å². The molecule has 1 saturated heterocycles. The van der Waals surface area contributed by atoms with Crippen LogP contribution in [0.5, 0.6) is 0 Å². The molecule has 0 bridgehead atoms. The van der Waals surface area contributed by atoms with Crippen molar-refractivity contribution < 1.29 is 27.5 Å². The lowest BCUT2D eigenvalue weighted by Gasteiger charge is -2.28. The normalized spacial score (nSPS) is 22.0. The highest BCUT2D eigenvalue weighted by molar-refractivity contribution is 7.91. The summed E-state index contributed by atoms with van der Waals surface area (Å²) in [6, 6.07) is 8.37. The fourth-order valence-electron chi connectivity index (χ4n) is 3.30. The van der Waals surface area contributed by atoms with E-state index in [1.807, 2.05) is 6.07 Å². The average molecular weight is 421 g/mol. The minimum atomic E-state index is -3.20. The molecule has 1 aromatic carbocycles. The highest BCUT2D eigenvalue weighted by Crippen LogP contribution is 2.22. The van der Waals surface area contributed by atoms with E-state index >= 15 is 0 Å². The maximum absolute atomic E-state index is 12.5. The topological polar surface area (TPSA) is 113 Å². The van der Waals surface area contributed by atoms with E-state index in [1.165, 1.54) is 11.8 Å². The fourth-order valence-corrected chi connectivity index (χ4v) is 4.99. The van der Waals surface area contributed by atoms with Crippen molar-refractivity contribution in [3.05, 3.63) is 30.3 Å². The molecule has 0 N–H and O–H groups in total. The van der Waals surface area contributed by atoms with Gasteiger partial charge in [-0.2, -0.15) is 5.10 Å². The van der Waals surface area contributed by atoms with Crippen LogP contribution in [0.1, 0.15) is 26.2 Å². The summed E-state index contributed by atoms with van der Waals surface area (Å²) < 4.78 is 28.6. The zero-order valence-corrected chi connectivity index (χ0v) is 17.1. The minimum absolute atomic E-state index is 0.00585. The lowest BCUT2D eigenvalue weighted by atomic mass is 10.1. The molecule has 9 nitrogen and oxygen atoms in total. The molecule has 29 heavy (non-hydrogen) atoms. The Morgan fingerprint density at radius 3 is 2.55 bits per heavy atom. The van der Waals surface area contributed by atoms with E-state index in [0.717, 1.165) is 5.01 Å². The molecule has 2 unspecified atom stereocenters. The maximum Gasteiger partial charge on any atom is 0.355 e. The van der Waals surface area contributed by atoms with E-state index in [1.54, 1.807) is 31.3 Å². The third-order valence-corrected chi connectivity index (χ3v) is 6.71. The summed E-state index contributed by atoms with van der Waals surface area (Å²) in [7, 11) is -1.62. The van der Waals surface area contributed by atoms with Gasteiger partial charge in [0, 0.05) is 25.6 Å². The first-order chi connectivity index (χ1) is 13.7. The number of ether oxygens (including phenoxy) is 1. The number of likely N-dealkylation sites (N-methyl/N-ethyl adjacent to an activating group) is 1. The second-order valence-corrected chi connectivity index (χ2v) is 9.35. The monoisotopic (exact) mass is 421 g/mol. The van der Waals surface area contributed by atoms with E-state index in [-0.39, 0.29) is 42.4 Å². The molecule has 0 radical (unpaired) electrons. The van der Waals surface area contributed by atoms with Crippen LogP contribution in [0.3, 0.4) is 0 Å². The molecule has 1 aromatic rings. The van der Waals surface area contributed by atoms with Crippen molar-refractivity contribution >= 4 is 39.0 Å². The van der Waals surface area contributed by atoms with Crippen LogP contribution in [-0.2, 0) is 29.0 Å². The van der Waals surface area contributed by atoms with Gasteiger partial charge in [-0.3, -0.25) is 9.59 Å². The van der Waals surface area contributed by atoms with Crippen molar-refractivity contribution in [2.45, 2.75) is 38.3 Å². The first kappa shape index (κ1) is 21.0. The van der Waals surface area contributed by atoms with Crippen molar-refractivity contribution in [2.24, 2.45) is 5.10 Å². The largest absolute Gasteiger partial charge is 0.448 e. The fraction of sp³-hybridized carbons (Fsp3) is 0.474. The Morgan fingerprint density at radius 1 is 1.24 bits per heavy atom. The third-order valence-electron chi connectivity index (χ3n) is 4.96. The molecular formula is C19H23N3O6S. The van der Waals surface area contributed by atoms with Crippen molar-refractivity contribution in [2.75, 3.05) is 23.5 Å². The summed E-state index contributed by atoms with van der Waals surface area (Å²) in [5, 5.41) is 5.15. The second-order valence-electron chi connectivity index (χ2n) is 7.12. The number of hydrogen-bond donors (Lipinski definition) is 0.